The summed E-state index contributed by atoms with van der Waals surface area (Å²) in [5.41, 5.74) is 7.00. The molecule has 0 bridgehead atoms. The maximum Gasteiger partial charge on any atom is 0.258 e. The van der Waals surface area contributed by atoms with Gasteiger partial charge in [0.15, 0.2) is 11.6 Å². The van der Waals surface area contributed by atoms with Gasteiger partial charge < -0.3 is 15.2 Å². The first-order valence-electron chi connectivity index (χ1n) is 11.6. The number of anilines is 2. The van der Waals surface area contributed by atoms with Crippen LogP contribution in [0.15, 0.2) is 36.4 Å². The molecule has 2 aromatic carbocycles. The first-order valence-corrected chi connectivity index (χ1v) is 11.6. The Hall–Kier alpha value is -3.82. The number of nitrogens with zero attached hydrogens (tertiary/aromatic N) is 3. The number of primary amides is 1. The Morgan fingerprint density at radius 1 is 1.09 bits per heavy atom. The van der Waals surface area contributed by atoms with Crippen LogP contribution in [0, 0.1) is 17.6 Å². The minimum Gasteiger partial charge on any atom is -0.370 e. The van der Waals surface area contributed by atoms with E-state index in [2.05, 4.69) is 10.3 Å². The molecule has 1 saturated carbocycles. The van der Waals surface area contributed by atoms with Crippen molar-refractivity contribution >= 4 is 40.4 Å². The average Bonchev–Trinajstić information content (AvgIpc) is 3.19. The third kappa shape index (κ3) is 5.31. The maximum absolute atomic E-state index is 13.6. The first kappa shape index (κ1) is 24.3. The van der Waals surface area contributed by atoms with Crippen LogP contribution in [0.25, 0.3) is 11.0 Å². The molecule has 1 aliphatic carbocycles. The minimum absolute atomic E-state index is 0.00132. The predicted molar refractivity (Wildman–Crippen MR) is 128 cm³/mol. The van der Waals surface area contributed by atoms with E-state index < -0.39 is 23.4 Å². The minimum atomic E-state index is -1.14. The lowest BCUT2D eigenvalue weighted by Gasteiger charge is -2.26. The van der Waals surface area contributed by atoms with Crippen molar-refractivity contribution in [3.8, 4) is 0 Å². The molecule has 3 N–H and O–H groups in total. The molecular formula is C25H27F2N5O3. The molecule has 4 rings (SSSR count). The van der Waals surface area contributed by atoms with Crippen LogP contribution in [0.4, 0.5) is 20.4 Å². The number of imidazole rings is 1. The van der Waals surface area contributed by atoms with Crippen LogP contribution in [0.3, 0.4) is 0 Å². The van der Waals surface area contributed by atoms with Crippen molar-refractivity contribution in [1.29, 1.82) is 0 Å². The number of aromatic nitrogens is 2. The SMILES string of the molecule is CN(C(=O)C1CCCCC1)c1ccc2c(c1)nc(NC(=O)c1ccc(F)c(F)c1)n2CCC(N)=O. The summed E-state index contributed by atoms with van der Waals surface area (Å²) in [5.74, 6) is -3.24. The number of carbonyl (C=O) groups is 3. The Bertz CT molecular complexity index is 1280. The Balaban J connectivity index is 1.64. The standard InChI is InChI=1S/C25H27F2N5O3/c1-31(24(35)15-5-3-2-4-6-15)17-8-10-21-20(14-17)29-25(32(21)12-11-22(28)33)30-23(34)16-7-9-18(26)19(27)13-16/h7-10,13-15H,2-6,11-12H2,1H3,(H2,28,33)(H,29,30,34). The summed E-state index contributed by atoms with van der Waals surface area (Å²) in [5, 5.41) is 2.60. The number of hydrogen-bond donors (Lipinski definition) is 2. The summed E-state index contributed by atoms with van der Waals surface area (Å²) in [7, 11) is 1.73. The quantitative estimate of drug-likeness (QED) is 0.530. The van der Waals surface area contributed by atoms with E-state index in [0.29, 0.717) is 16.7 Å². The van der Waals surface area contributed by atoms with Crippen molar-refractivity contribution in [2.75, 3.05) is 17.3 Å². The number of halogens is 2. The molecule has 1 fully saturated rings. The summed E-state index contributed by atoms with van der Waals surface area (Å²) in [6, 6.07) is 8.11. The van der Waals surface area contributed by atoms with E-state index in [4.69, 9.17) is 5.73 Å². The lowest BCUT2D eigenvalue weighted by atomic mass is 9.88. The van der Waals surface area contributed by atoms with E-state index in [1.807, 2.05) is 0 Å². The number of rotatable bonds is 7. The van der Waals surface area contributed by atoms with Crippen LogP contribution in [-0.4, -0.2) is 34.3 Å². The topological polar surface area (TPSA) is 110 Å². The molecule has 0 radical (unpaired) electrons. The van der Waals surface area contributed by atoms with Gasteiger partial charge in [-0.2, -0.15) is 0 Å². The lowest BCUT2D eigenvalue weighted by molar-refractivity contribution is -0.123. The zero-order valence-corrected chi connectivity index (χ0v) is 19.4. The van der Waals surface area contributed by atoms with E-state index in [9.17, 15) is 23.2 Å². The molecule has 0 atom stereocenters. The zero-order valence-electron chi connectivity index (χ0n) is 19.4. The van der Waals surface area contributed by atoms with Crippen LogP contribution in [0.2, 0.25) is 0 Å². The Kier molecular flexibility index (Phi) is 7.09. The number of nitrogens with two attached hydrogens (primary N) is 1. The summed E-state index contributed by atoms with van der Waals surface area (Å²) in [6.45, 7) is 0.148. The highest BCUT2D eigenvalue weighted by Gasteiger charge is 2.25. The first-order chi connectivity index (χ1) is 16.7. The number of benzene rings is 2. The number of carbonyl (C=O) groups excluding carboxylic acids is 3. The molecule has 0 unspecified atom stereocenters. The number of hydrogen-bond acceptors (Lipinski definition) is 4. The molecule has 184 valence electrons. The molecule has 3 aromatic rings. The molecule has 35 heavy (non-hydrogen) atoms. The molecule has 10 heteroatoms. The highest BCUT2D eigenvalue weighted by Crippen LogP contribution is 2.29. The fraction of sp³-hybridized carbons (Fsp3) is 0.360. The molecular weight excluding hydrogens is 456 g/mol. The molecule has 0 aliphatic heterocycles. The van der Waals surface area contributed by atoms with E-state index in [0.717, 1.165) is 50.3 Å². The van der Waals surface area contributed by atoms with Gasteiger partial charge in [-0.1, -0.05) is 19.3 Å². The summed E-state index contributed by atoms with van der Waals surface area (Å²) < 4.78 is 28.5. The van der Waals surface area contributed by atoms with Crippen molar-refractivity contribution in [2.45, 2.75) is 45.1 Å². The summed E-state index contributed by atoms with van der Waals surface area (Å²) >= 11 is 0. The monoisotopic (exact) mass is 483 g/mol. The van der Waals surface area contributed by atoms with Crippen molar-refractivity contribution < 1.29 is 23.2 Å². The Labute approximate surface area is 201 Å². The molecule has 1 aliphatic rings. The van der Waals surface area contributed by atoms with Gasteiger partial charge in [-0.05, 0) is 49.2 Å². The number of fused-ring (bicyclic) bond motifs is 1. The highest BCUT2D eigenvalue weighted by molar-refractivity contribution is 6.04. The van der Waals surface area contributed by atoms with Crippen LogP contribution in [0.5, 0.6) is 0 Å². The molecule has 1 heterocycles. The van der Waals surface area contributed by atoms with Gasteiger partial charge in [0.05, 0.1) is 11.0 Å². The number of amides is 3. The third-order valence-corrected chi connectivity index (χ3v) is 6.39. The summed E-state index contributed by atoms with van der Waals surface area (Å²) in [4.78, 5) is 43.2. The molecule has 0 saturated heterocycles. The van der Waals surface area contributed by atoms with Gasteiger partial charge in [-0.25, -0.2) is 13.8 Å². The second-order valence-corrected chi connectivity index (χ2v) is 8.79. The lowest BCUT2D eigenvalue weighted by Crippen LogP contribution is -2.33. The average molecular weight is 484 g/mol. The van der Waals surface area contributed by atoms with Crippen LogP contribution < -0.4 is 16.0 Å². The Morgan fingerprint density at radius 3 is 2.51 bits per heavy atom. The fourth-order valence-corrected chi connectivity index (χ4v) is 4.43. The van der Waals surface area contributed by atoms with Crippen molar-refractivity contribution in [1.82, 2.24) is 9.55 Å². The van der Waals surface area contributed by atoms with E-state index >= 15 is 0 Å². The van der Waals surface area contributed by atoms with Crippen LogP contribution in [-0.2, 0) is 16.1 Å². The van der Waals surface area contributed by atoms with Crippen molar-refractivity contribution in [3.05, 3.63) is 53.6 Å². The van der Waals surface area contributed by atoms with Gasteiger partial charge in [0.1, 0.15) is 0 Å². The normalized spacial score (nSPS) is 14.1. The smallest absolute Gasteiger partial charge is 0.258 e. The maximum atomic E-state index is 13.6. The van der Waals surface area contributed by atoms with Gasteiger partial charge in [0.25, 0.3) is 5.91 Å². The van der Waals surface area contributed by atoms with Gasteiger partial charge in [-0.15, -0.1) is 0 Å². The second-order valence-electron chi connectivity index (χ2n) is 8.79. The molecule has 3 amide bonds. The second kappa shape index (κ2) is 10.2. The van der Waals surface area contributed by atoms with Crippen LogP contribution in [0.1, 0.15) is 48.9 Å². The molecule has 0 spiro atoms. The van der Waals surface area contributed by atoms with Crippen molar-refractivity contribution in [3.63, 3.8) is 0 Å². The largest absolute Gasteiger partial charge is 0.370 e. The zero-order chi connectivity index (χ0) is 25.1. The van der Waals surface area contributed by atoms with E-state index in [1.165, 1.54) is 0 Å². The van der Waals surface area contributed by atoms with Gasteiger partial charge in [0, 0.05) is 37.2 Å². The van der Waals surface area contributed by atoms with Gasteiger partial charge in [0.2, 0.25) is 17.8 Å². The van der Waals surface area contributed by atoms with Crippen LogP contribution >= 0.6 is 0 Å². The summed E-state index contributed by atoms with van der Waals surface area (Å²) in [6.07, 6.45) is 5.02. The Morgan fingerprint density at radius 2 is 1.83 bits per heavy atom. The van der Waals surface area contributed by atoms with Gasteiger partial charge >= 0.3 is 0 Å². The fourth-order valence-electron chi connectivity index (χ4n) is 4.43. The number of aryl methyl sites for hydroxylation is 1. The van der Waals surface area contributed by atoms with Crippen molar-refractivity contribution in [2.24, 2.45) is 11.7 Å². The molecule has 8 nitrogen and oxygen atoms in total. The molecule has 1 aromatic heterocycles. The van der Waals surface area contributed by atoms with E-state index in [1.54, 1.807) is 34.7 Å². The van der Waals surface area contributed by atoms with E-state index in [-0.39, 0.29) is 36.3 Å². The van der Waals surface area contributed by atoms with Gasteiger partial charge in [-0.3, -0.25) is 19.7 Å². The highest BCUT2D eigenvalue weighted by atomic mass is 19.2. The third-order valence-electron chi connectivity index (χ3n) is 6.39. The number of nitrogens with one attached hydrogen (secondary N) is 1. The predicted octanol–water partition coefficient (Wildman–Crippen LogP) is 3.99.